The number of nitrogens with zero attached hydrogens (tertiary/aromatic N) is 1. The molecule has 1 saturated carbocycles. The molecule has 4 nitrogen and oxygen atoms in total. The lowest BCUT2D eigenvalue weighted by atomic mass is 9.94. The van der Waals surface area contributed by atoms with Gasteiger partial charge in [0.2, 0.25) is 0 Å². The van der Waals surface area contributed by atoms with E-state index in [9.17, 15) is 18.0 Å². The SMILES string of the molecule is O=C(Nc1ccccc1-c1cc(-c2c(C3CC3)cccc2C(F)(F)F)[nH]n1)C(Cl)Cl. The zero-order valence-electron chi connectivity index (χ0n) is 15.4. The molecular weight excluding hydrogens is 438 g/mol. The highest BCUT2D eigenvalue weighted by Gasteiger charge is 2.38. The van der Waals surface area contributed by atoms with E-state index in [1.807, 2.05) is 0 Å². The highest BCUT2D eigenvalue weighted by molar-refractivity contribution is 6.54. The van der Waals surface area contributed by atoms with Gasteiger partial charge in [0.05, 0.1) is 22.6 Å². The van der Waals surface area contributed by atoms with Gasteiger partial charge in [-0.3, -0.25) is 9.89 Å². The Morgan fingerprint density at radius 3 is 2.53 bits per heavy atom. The molecule has 0 radical (unpaired) electrons. The van der Waals surface area contributed by atoms with Gasteiger partial charge in [0.1, 0.15) is 0 Å². The molecule has 4 rings (SSSR count). The van der Waals surface area contributed by atoms with Crippen molar-refractivity contribution in [3.05, 3.63) is 59.7 Å². The van der Waals surface area contributed by atoms with E-state index in [1.54, 1.807) is 36.4 Å². The monoisotopic (exact) mass is 453 g/mol. The molecule has 1 aliphatic rings. The number of aromatic nitrogens is 2. The molecule has 0 unspecified atom stereocenters. The Morgan fingerprint density at radius 1 is 1.13 bits per heavy atom. The molecule has 1 amide bonds. The van der Waals surface area contributed by atoms with Crippen molar-refractivity contribution in [2.24, 2.45) is 0 Å². The summed E-state index contributed by atoms with van der Waals surface area (Å²) in [6.45, 7) is 0. The Balaban J connectivity index is 1.78. The summed E-state index contributed by atoms with van der Waals surface area (Å²) >= 11 is 11.2. The molecule has 9 heteroatoms. The maximum Gasteiger partial charge on any atom is 0.417 e. The lowest BCUT2D eigenvalue weighted by Crippen LogP contribution is -2.18. The Bertz CT molecular complexity index is 1090. The number of hydrogen-bond acceptors (Lipinski definition) is 2. The van der Waals surface area contributed by atoms with Crippen molar-refractivity contribution in [3.8, 4) is 22.5 Å². The second kappa shape index (κ2) is 7.96. The first kappa shape index (κ1) is 20.8. The number of aromatic amines is 1. The summed E-state index contributed by atoms with van der Waals surface area (Å²) < 4.78 is 41.1. The fraction of sp³-hybridized carbons (Fsp3) is 0.238. The van der Waals surface area contributed by atoms with Crippen LogP contribution in [-0.4, -0.2) is 20.9 Å². The van der Waals surface area contributed by atoms with Crippen molar-refractivity contribution in [3.63, 3.8) is 0 Å². The number of rotatable bonds is 5. The van der Waals surface area contributed by atoms with E-state index in [0.29, 0.717) is 22.5 Å². The van der Waals surface area contributed by atoms with Crippen LogP contribution in [0.3, 0.4) is 0 Å². The lowest BCUT2D eigenvalue weighted by Gasteiger charge is -2.15. The summed E-state index contributed by atoms with van der Waals surface area (Å²) in [5, 5.41) is 9.55. The number of anilines is 1. The number of hydrogen-bond donors (Lipinski definition) is 2. The standard InChI is InChI=1S/C21H16Cl2F3N3O/c22-19(23)20(30)27-15-7-2-1-4-13(15)16-10-17(29-28-16)18-12(11-8-9-11)5-3-6-14(18)21(24,25)26/h1-7,10-11,19H,8-9H2,(H,27,30)(H,28,29). The van der Waals surface area contributed by atoms with Gasteiger partial charge in [0.25, 0.3) is 5.91 Å². The van der Waals surface area contributed by atoms with E-state index < -0.39 is 22.5 Å². The molecule has 0 bridgehead atoms. The normalized spacial score (nSPS) is 14.2. The average Bonchev–Trinajstić information content (AvgIpc) is 3.44. The van der Waals surface area contributed by atoms with Crippen LogP contribution in [0.2, 0.25) is 0 Å². The maximum absolute atomic E-state index is 13.7. The minimum Gasteiger partial charge on any atom is -0.323 e. The average molecular weight is 454 g/mol. The molecule has 3 aromatic rings. The third kappa shape index (κ3) is 4.18. The molecule has 2 N–H and O–H groups in total. The number of carbonyl (C=O) groups excluding carboxylic acids is 1. The number of halogens is 5. The first-order valence-corrected chi connectivity index (χ1v) is 10.1. The van der Waals surface area contributed by atoms with Crippen molar-refractivity contribution in [2.75, 3.05) is 5.32 Å². The number of benzene rings is 2. The Kier molecular flexibility index (Phi) is 5.51. The number of nitrogens with one attached hydrogen (secondary N) is 2. The van der Waals surface area contributed by atoms with Crippen LogP contribution in [0.25, 0.3) is 22.5 Å². The van der Waals surface area contributed by atoms with Crippen LogP contribution < -0.4 is 5.32 Å². The molecule has 1 aromatic heterocycles. The summed E-state index contributed by atoms with van der Waals surface area (Å²) in [5.41, 5.74) is 1.67. The first-order valence-electron chi connectivity index (χ1n) is 9.20. The Hall–Kier alpha value is -2.51. The number of H-pyrrole nitrogens is 1. The summed E-state index contributed by atoms with van der Waals surface area (Å²) in [4.78, 5) is 10.6. The van der Waals surface area contributed by atoms with Gasteiger partial charge < -0.3 is 5.32 Å². The molecular formula is C21H16Cl2F3N3O. The van der Waals surface area contributed by atoms with E-state index >= 15 is 0 Å². The van der Waals surface area contributed by atoms with Crippen LogP contribution in [0.4, 0.5) is 18.9 Å². The molecule has 1 fully saturated rings. The Morgan fingerprint density at radius 2 is 1.87 bits per heavy atom. The summed E-state index contributed by atoms with van der Waals surface area (Å²) in [6.07, 6.45) is -2.77. The molecule has 30 heavy (non-hydrogen) atoms. The first-order chi connectivity index (χ1) is 14.3. The van der Waals surface area contributed by atoms with Gasteiger partial charge in [-0.2, -0.15) is 18.3 Å². The van der Waals surface area contributed by atoms with Gasteiger partial charge >= 0.3 is 6.18 Å². The van der Waals surface area contributed by atoms with Gasteiger partial charge in [0, 0.05) is 11.1 Å². The van der Waals surface area contributed by atoms with Crippen LogP contribution in [0.5, 0.6) is 0 Å². The van der Waals surface area contributed by atoms with E-state index in [2.05, 4.69) is 15.5 Å². The van der Waals surface area contributed by atoms with Crippen molar-refractivity contribution >= 4 is 34.8 Å². The van der Waals surface area contributed by atoms with Gasteiger partial charge in [-0.1, -0.05) is 53.5 Å². The third-order valence-corrected chi connectivity index (χ3v) is 5.32. The zero-order chi connectivity index (χ0) is 21.5. The lowest BCUT2D eigenvalue weighted by molar-refractivity contribution is -0.137. The quantitative estimate of drug-likeness (QED) is 0.440. The van der Waals surface area contributed by atoms with Crippen LogP contribution >= 0.6 is 23.2 Å². The molecule has 0 aliphatic heterocycles. The van der Waals surface area contributed by atoms with Crippen molar-refractivity contribution in [1.29, 1.82) is 0 Å². The fourth-order valence-corrected chi connectivity index (χ4v) is 3.54. The van der Waals surface area contributed by atoms with Gasteiger partial charge in [-0.05, 0) is 42.5 Å². The van der Waals surface area contributed by atoms with E-state index in [-0.39, 0.29) is 17.2 Å². The van der Waals surface area contributed by atoms with Gasteiger partial charge in [-0.25, -0.2) is 0 Å². The fourth-order valence-electron chi connectivity index (χ4n) is 3.43. The van der Waals surface area contributed by atoms with Crippen LogP contribution in [0, 0.1) is 0 Å². The topological polar surface area (TPSA) is 57.8 Å². The van der Waals surface area contributed by atoms with Crippen LogP contribution in [-0.2, 0) is 11.0 Å². The maximum atomic E-state index is 13.7. The highest BCUT2D eigenvalue weighted by Crippen LogP contribution is 2.48. The van der Waals surface area contributed by atoms with Crippen LogP contribution in [0.1, 0.15) is 29.9 Å². The molecule has 0 atom stereocenters. The predicted octanol–water partition coefficient (Wildman–Crippen LogP) is 6.38. The van der Waals surface area contributed by atoms with Gasteiger partial charge in [0.15, 0.2) is 4.84 Å². The molecule has 0 spiro atoms. The van der Waals surface area contributed by atoms with Crippen LogP contribution in [0.15, 0.2) is 48.5 Å². The molecule has 1 aliphatic carbocycles. The number of para-hydroxylation sites is 1. The molecule has 1 heterocycles. The molecule has 0 saturated heterocycles. The van der Waals surface area contributed by atoms with Crippen molar-refractivity contribution in [1.82, 2.24) is 10.2 Å². The smallest absolute Gasteiger partial charge is 0.323 e. The van der Waals surface area contributed by atoms with E-state index in [0.717, 1.165) is 18.9 Å². The number of carbonyl (C=O) groups is 1. The predicted molar refractivity (Wildman–Crippen MR) is 111 cm³/mol. The summed E-state index contributed by atoms with van der Waals surface area (Å²) in [6, 6.07) is 12.6. The number of alkyl halides is 5. The largest absolute Gasteiger partial charge is 0.417 e. The second-order valence-corrected chi connectivity index (χ2v) is 8.14. The summed E-state index contributed by atoms with van der Waals surface area (Å²) in [5.74, 6) is -0.495. The van der Waals surface area contributed by atoms with Gasteiger partial charge in [-0.15, -0.1) is 0 Å². The zero-order valence-corrected chi connectivity index (χ0v) is 16.9. The van der Waals surface area contributed by atoms with E-state index in [4.69, 9.17) is 23.2 Å². The minimum atomic E-state index is -4.49. The van der Waals surface area contributed by atoms with E-state index in [1.165, 1.54) is 6.07 Å². The summed E-state index contributed by atoms with van der Waals surface area (Å²) in [7, 11) is 0. The van der Waals surface area contributed by atoms with Crippen molar-refractivity contribution in [2.45, 2.75) is 29.8 Å². The third-order valence-electron chi connectivity index (χ3n) is 4.93. The highest BCUT2D eigenvalue weighted by atomic mass is 35.5. The minimum absolute atomic E-state index is 0.116. The Labute approximate surface area is 180 Å². The number of amides is 1. The van der Waals surface area contributed by atoms with Crippen molar-refractivity contribution < 1.29 is 18.0 Å². The second-order valence-electron chi connectivity index (χ2n) is 7.04. The molecule has 156 valence electrons. The molecule has 2 aromatic carbocycles.